The van der Waals surface area contributed by atoms with Gasteiger partial charge in [-0.05, 0) is 93.3 Å². The zero-order valence-corrected chi connectivity index (χ0v) is 26.5. The fourth-order valence-electron chi connectivity index (χ4n) is 5.01. The molecule has 0 aliphatic carbocycles. The van der Waals surface area contributed by atoms with E-state index in [1.807, 2.05) is 6.07 Å². The molecule has 0 unspecified atom stereocenters. The summed E-state index contributed by atoms with van der Waals surface area (Å²) < 4.78 is 0. The van der Waals surface area contributed by atoms with Crippen LogP contribution < -0.4 is 38.9 Å². The van der Waals surface area contributed by atoms with Crippen LogP contribution in [0.5, 0.6) is 5.75 Å². The number of aromatic hydroxyl groups is 1. The molecule has 0 saturated heterocycles. The molecule has 0 bridgehead atoms. The molecule has 0 aliphatic heterocycles. The van der Waals surface area contributed by atoms with Crippen LogP contribution in [0.4, 0.5) is 0 Å². The van der Waals surface area contributed by atoms with Crippen molar-refractivity contribution < 1.29 is 29.4 Å². The molecule has 2 aromatic carbocycles. The maximum absolute atomic E-state index is 13.7. The standard InChI is InChI=1S/C32H48N8O6/c1-19-15-22(41)16-20(2)23(19)18-24(34)28(42)38-25(12-8-14-37-32(35)36)29(43)40-27(17-21-9-4-3-5-10-21)30(44)39-26(31(45)46)11-6-7-13-33/h3-5,9-10,15-16,24-27,41H,6-8,11-14,17-18,33-34H2,1-2H3,(H,38,42)(H,39,44)(H,40,43)(H,45,46)(H4,35,36,37)/t24-,25-,26-,27-/m0/s1. The fraction of sp³-hybridized carbons (Fsp3) is 0.469. The lowest BCUT2D eigenvalue weighted by Gasteiger charge is -2.25. The van der Waals surface area contributed by atoms with Gasteiger partial charge in [0.25, 0.3) is 0 Å². The summed E-state index contributed by atoms with van der Waals surface area (Å²) in [5.74, 6) is -3.15. The highest BCUT2D eigenvalue weighted by molar-refractivity contribution is 5.94. The van der Waals surface area contributed by atoms with Crippen LogP contribution in [0.15, 0.2) is 47.5 Å². The largest absolute Gasteiger partial charge is 0.508 e. The SMILES string of the molecule is Cc1cc(O)cc(C)c1C[C@H](N)C(=O)N[C@@H](CCCN=C(N)N)C(=O)N[C@@H](Cc1ccccc1)C(=O)N[C@@H](CCCCN)C(=O)O. The van der Waals surface area contributed by atoms with Crippen LogP contribution in [0, 0.1) is 13.8 Å². The molecule has 4 atom stereocenters. The Morgan fingerprint density at radius 2 is 1.37 bits per heavy atom. The molecule has 0 fully saturated rings. The number of aliphatic carboxylic acids is 1. The summed E-state index contributed by atoms with van der Waals surface area (Å²) in [6, 6.07) is 7.64. The number of benzene rings is 2. The second-order valence-corrected chi connectivity index (χ2v) is 11.3. The van der Waals surface area contributed by atoms with Crippen molar-refractivity contribution >= 4 is 29.7 Å². The average molecular weight is 641 g/mol. The second-order valence-electron chi connectivity index (χ2n) is 11.3. The Morgan fingerprint density at radius 3 is 1.96 bits per heavy atom. The summed E-state index contributed by atoms with van der Waals surface area (Å²) in [4.78, 5) is 56.2. The van der Waals surface area contributed by atoms with E-state index >= 15 is 0 Å². The Morgan fingerprint density at radius 1 is 0.804 bits per heavy atom. The maximum Gasteiger partial charge on any atom is 0.326 e. The number of unbranched alkanes of at least 4 members (excludes halogenated alkanes) is 1. The zero-order chi connectivity index (χ0) is 34.2. The van der Waals surface area contributed by atoms with Gasteiger partial charge in [-0.1, -0.05) is 30.3 Å². The van der Waals surface area contributed by atoms with Gasteiger partial charge in [0.1, 0.15) is 23.9 Å². The number of carboxylic acid groups (broad SMARTS) is 1. The molecule has 252 valence electrons. The first-order valence-electron chi connectivity index (χ1n) is 15.3. The number of phenols is 1. The van der Waals surface area contributed by atoms with Crippen LogP contribution in [0.2, 0.25) is 0 Å². The molecule has 0 aromatic heterocycles. The number of nitrogens with two attached hydrogens (primary N) is 4. The zero-order valence-electron chi connectivity index (χ0n) is 26.5. The molecule has 14 nitrogen and oxygen atoms in total. The highest BCUT2D eigenvalue weighted by Gasteiger charge is 2.30. The number of rotatable bonds is 19. The number of nitrogens with zero attached hydrogens (tertiary/aromatic N) is 1. The molecule has 14 heteroatoms. The van der Waals surface area contributed by atoms with E-state index in [4.69, 9.17) is 22.9 Å². The molecule has 0 spiro atoms. The van der Waals surface area contributed by atoms with Gasteiger partial charge < -0.3 is 49.1 Å². The Labute approximate surface area is 269 Å². The molecular weight excluding hydrogens is 592 g/mol. The van der Waals surface area contributed by atoms with E-state index in [9.17, 15) is 29.4 Å². The smallest absolute Gasteiger partial charge is 0.326 e. The first-order chi connectivity index (χ1) is 21.8. The van der Waals surface area contributed by atoms with Gasteiger partial charge in [0.15, 0.2) is 5.96 Å². The first-order valence-corrected chi connectivity index (χ1v) is 15.3. The normalized spacial score (nSPS) is 13.5. The molecule has 2 aromatic rings. The molecule has 0 saturated carbocycles. The second kappa shape index (κ2) is 19.0. The summed E-state index contributed by atoms with van der Waals surface area (Å²) in [7, 11) is 0. The van der Waals surface area contributed by atoms with Crippen LogP contribution in [0.3, 0.4) is 0 Å². The van der Waals surface area contributed by atoms with Crippen LogP contribution in [0.1, 0.15) is 54.4 Å². The van der Waals surface area contributed by atoms with Crippen LogP contribution in [-0.4, -0.2) is 77.1 Å². The van der Waals surface area contributed by atoms with Crippen molar-refractivity contribution in [2.75, 3.05) is 13.1 Å². The van der Waals surface area contributed by atoms with E-state index in [1.165, 1.54) is 0 Å². The number of carboxylic acids is 1. The van der Waals surface area contributed by atoms with E-state index in [0.717, 1.165) is 22.3 Å². The van der Waals surface area contributed by atoms with Crippen molar-refractivity contribution in [1.29, 1.82) is 0 Å². The van der Waals surface area contributed by atoms with Crippen molar-refractivity contribution in [3.63, 3.8) is 0 Å². The van der Waals surface area contributed by atoms with Crippen molar-refractivity contribution in [2.45, 2.75) is 83.0 Å². The Hall–Kier alpha value is -4.69. The number of guanidine groups is 1. The monoisotopic (exact) mass is 640 g/mol. The molecule has 13 N–H and O–H groups in total. The van der Waals surface area contributed by atoms with Crippen molar-refractivity contribution in [3.8, 4) is 5.75 Å². The van der Waals surface area contributed by atoms with Gasteiger partial charge in [0.05, 0.1) is 6.04 Å². The van der Waals surface area contributed by atoms with Gasteiger partial charge >= 0.3 is 5.97 Å². The summed E-state index contributed by atoms with van der Waals surface area (Å²) in [5, 5.41) is 27.5. The number of amides is 3. The van der Waals surface area contributed by atoms with Gasteiger partial charge in [0.2, 0.25) is 17.7 Å². The summed E-state index contributed by atoms with van der Waals surface area (Å²) >= 11 is 0. The molecule has 2 rings (SSSR count). The number of hydrogen-bond acceptors (Lipinski definition) is 8. The number of phenolic OH excluding ortho intramolecular Hbond substituents is 1. The van der Waals surface area contributed by atoms with Gasteiger partial charge in [0, 0.05) is 13.0 Å². The van der Waals surface area contributed by atoms with Crippen LogP contribution in [0.25, 0.3) is 0 Å². The lowest BCUT2D eigenvalue weighted by atomic mass is 9.95. The highest BCUT2D eigenvalue weighted by Crippen LogP contribution is 2.22. The first kappa shape index (κ1) is 37.5. The number of nitrogens with one attached hydrogen (secondary N) is 3. The third kappa shape index (κ3) is 12.7. The summed E-state index contributed by atoms with van der Waals surface area (Å²) in [5.41, 5.74) is 25.7. The van der Waals surface area contributed by atoms with E-state index in [2.05, 4.69) is 20.9 Å². The third-order valence-corrected chi connectivity index (χ3v) is 7.50. The summed E-state index contributed by atoms with van der Waals surface area (Å²) in [6.45, 7) is 4.19. The Balaban J connectivity index is 2.27. The topological polar surface area (TPSA) is 261 Å². The summed E-state index contributed by atoms with van der Waals surface area (Å²) in [6.07, 6.45) is 1.93. The van der Waals surface area contributed by atoms with Gasteiger partial charge in [-0.25, -0.2) is 4.79 Å². The van der Waals surface area contributed by atoms with Crippen molar-refractivity contribution in [2.24, 2.45) is 27.9 Å². The maximum atomic E-state index is 13.7. The van der Waals surface area contributed by atoms with E-state index < -0.39 is 47.9 Å². The van der Waals surface area contributed by atoms with Crippen LogP contribution in [-0.2, 0) is 32.0 Å². The van der Waals surface area contributed by atoms with E-state index in [-0.39, 0.29) is 43.9 Å². The quantitative estimate of drug-likeness (QED) is 0.0557. The average Bonchev–Trinajstić information content (AvgIpc) is 2.99. The molecule has 46 heavy (non-hydrogen) atoms. The van der Waals surface area contributed by atoms with Crippen LogP contribution >= 0.6 is 0 Å². The van der Waals surface area contributed by atoms with E-state index in [0.29, 0.717) is 25.8 Å². The van der Waals surface area contributed by atoms with Gasteiger partial charge in [-0.15, -0.1) is 0 Å². The molecule has 0 radical (unpaired) electrons. The number of aliphatic imine (C=N–C) groups is 1. The Kier molecular flexibility index (Phi) is 15.5. The third-order valence-electron chi connectivity index (χ3n) is 7.50. The number of carbonyl (C=O) groups is 4. The lowest BCUT2D eigenvalue weighted by Crippen LogP contribution is -2.57. The molecule has 3 amide bonds. The predicted molar refractivity (Wildman–Crippen MR) is 176 cm³/mol. The minimum absolute atomic E-state index is 0.0706. The minimum atomic E-state index is -1.20. The molecule has 0 aliphatic rings. The van der Waals surface area contributed by atoms with Crippen molar-refractivity contribution in [3.05, 3.63) is 64.7 Å². The van der Waals surface area contributed by atoms with Gasteiger partial charge in [-0.3, -0.25) is 19.4 Å². The predicted octanol–water partition coefficient (Wildman–Crippen LogP) is -0.157. The minimum Gasteiger partial charge on any atom is -0.508 e. The highest BCUT2D eigenvalue weighted by atomic mass is 16.4. The number of carbonyl (C=O) groups excluding carboxylic acids is 3. The fourth-order valence-corrected chi connectivity index (χ4v) is 5.01. The van der Waals surface area contributed by atoms with Gasteiger partial charge in [-0.2, -0.15) is 0 Å². The number of aryl methyl sites for hydroxylation is 2. The number of hydrogen-bond donors (Lipinski definition) is 9. The molecular formula is C32H48N8O6. The van der Waals surface area contributed by atoms with E-state index in [1.54, 1.807) is 50.2 Å². The van der Waals surface area contributed by atoms with Crippen molar-refractivity contribution in [1.82, 2.24) is 16.0 Å². The lowest BCUT2D eigenvalue weighted by molar-refractivity contribution is -0.142. The molecule has 0 heterocycles. The Bertz CT molecular complexity index is 1330.